The minimum atomic E-state index is -0.299. The summed E-state index contributed by atoms with van der Waals surface area (Å²) in [4.78, 5) is 23.7. The van der Waals surface area contributed by atoms with E-state index in [9.17, 15) is 9.59 Å². The molecule has 148 valence electrons. The topological polar surface area (TPSA) is 73.9 Å². The van der Waals surface area contributed by atoms with Gasteiger partial charge in [-0.1, -0.05) is 6.42 Å². The number of hydrogen-bond acceptors (Lipinski definition) is 5. The van der Waals surface area contributed by atoms with Crippen molar-refractivity contribution in [2.45, 2.75) is 39.0 Å². The molecule has 3 rings (SSSR count). The van der Waals surface area contributed by atoms with E-state index < -0.39 is 0 Å². The molecule has 1 N–H and O–H groups in total. The van der Waals surface area contributed by atoms with E-state index in [1.807, 2.05) is 31.2 Å². The van der Waals surface area contributed by atoms with Gasteiger partial charge in [0.15, 0.2) is 6.61 Å². The summed E-state index contributed by atoms with van der Waals surface area (Å²) in [6.45, 7) is 3.04. The molecule has 2 bridgehead atoms. The minimum Gasteiger partial charge on any atom is -0.494 e. The predicted molar refractivity (Wildman–Crippen MR) is 101 cm³/mol. The fourth-order valence-corrected chi connectivity index (χ4v) is 4.25. The highest BCUT2D eigenvalue weighted by atomic mass is 16.5. The number of hydrogen-bond donors (Lipinski definition) is 1. The predicted octanol–water partition coefficient (Wildman–Crippen LogP) is 2.95. The first-order chi connectivity index (χ1) is 13.1. The van der Waals surface area contributed by atoms with Crippen molar-refractivity contribution in [3.8, 4) is 11.5 Å². The molecule has 3 atom stereocenters. The van der Waals surface area contributed by atoms with E-state index >= 15 is 0 Å². The quantitative estimate of drug-likeness (QED) is 0.503. The first-order valence-corrected chi connectivity index (χ1v) is 9.92. The average Bonchev–Trinajstić information content (AvgIpc) is 3.28. The lowest BCUT2D eigenvalue weighted by atomic mass is 9.86. The standard InChI is InChI=1S/C21H29NO5/c1-2-25-18-5-7-19(8-6-18)26-10-9-22-20(23)14-27-21(24)13-17-12-15-3-4-16(17)11-15/h5-8,15-17H,2-4,9-14H2,1H3,(H,22,23)/t15-,16-,17+/m1/s1. The van der Waals surface area contributed by atoms with E-state index in [-0.39, 0.29) is 18.5 Å². The van der Waals surface area contributed by atoms with E-state index in [4.69, 9.17) is 14.2 Å². The monoisotopic (exact) mass is 375 g/mol. The normalized spacial score (nSPS) is 23.1. The van der Waals surface area contributed by atoms with Crippen LogP contribution in [0.3, 0.4) is 0 Å². The first kappa shape index (κ1) is 19.5. The Kier molecular flexibility index (Phi) is 6.96. The van der Waals surface area contributed by atoms with Crippen LogP contribution in [0.15, 0.2) is 24.3 Å². The number of ether oxygens (including phenoxy) is 3. The van der Waals surface area contributed by atoms with Gasteiger partial charge < -0.3 is 19.5 Å². The van der Waals surface area contributed by atoms with E-state index in [2.05, 4.69) is 5.32 Å². The summed E-state index contributed by atoms with van der Waals surface area (Å²) in [5, 5.41) is 2.69. The van der Waals surface area contributed by atoms with Gasteiger partial charge in [0.2, 0.25) is 0 Å². The zero-order valence-corrected chi connectivity index (χ0v) is 15.9. The molecule has 6 heteroatoms. The van der Waals surface area contributed by atoms with Crippen molar-refractivity contribution in [1.82, 2.24) is 5.32 Å². The summed E-state index contributed by atoms with van der Waals surface area (Å²) in [6, 6.07) is 7.33. The van der Waals surface area contributed by atoms with Crippen molar-refractivity contribution in [3.05, 3.63) is 24.3 Å². The maximum Gasteiger partial charge on any atom is 0.306 e. The van der Waals surface area contributed by atoms with E-state index in [0.717, 1.165) is 18.1 Å². The summed E-state index contributed by atoms with van der Waals surface area (Å²) in [7, 11) is 0. The van der Waals surface area contributed by atoms with Crippen LogP contribution < -0.4 is 14.8 Å². The average molecular weight is 375 g/mol. The third-order valence-electron chi connectivity index (χ3n) is 5.51. The molecule has 2 fully saturated rings. The Morgan fingerprint density at radius 3 is 2.44 bits per heavy atom. The molecule has 0 radical (unpaired) electrons. The smallest absolute Gasteiger partial charge is 0.306 e. The minimum absolute atomic E-state index is 0.220. The van der Waals surface area contributed by atoms with Gasteiger partial charge in [0.1, 0.15) is 18.1 Å². The highest BCUT2D eigenvalue weighted by Gasteiger charge is 2.40. The van der Waals surface area contributed by atoms with E-state index in [1.54, 1.807) is 0 Å². The van der Waals surface area contributed by atoms with Gasteiger partial charge in [-0.3, -0.25) is 9.59 Å². The molecule has 0 aliphatic heterocycles. The van der Waals surface area contributed by atoms with Crippen molar-refractivity contribution < 1.29 is 23.8 Å². The molecule has 0 aromatic heterocycles. The third-order valence-corrected chi connectivity index (χ3v) is 5.51. The van der Waals surface area contributed by atoms with Crippen LogP contribution in [0.4, 0.5) is 0 Å². The lowest BCUT2D eigenvalue weighted by Crippen LogP contribution is -2.32. The maximum absolute atomic E-state index is 11.9. The molecular weight excluding hydrogens is 346 g/mol. The van der Waals surface area contributed by atoms with Gasteiger partial charge in [-0.2, -0.15) is 0 Å². The summed E-state index contributed by atoms with van der Waals surface area (Å²) in [6.07, 6.45) is 5.44. The highest BCUT2D eigenvalue weighted by molar-refractivity contribution is 5.80. The van der Waals surface area contributed by atoms with Crippen LogP contribution in [0.2, 0.25) is 0 Å². The van der Waals surface area contributed by atoms with Gasteiger partial charge >= 0.3 is 5.97 Å². The molecule has 1 aromatic rings. The number of carbonyl (C=O) groups is 2. The van der Waals surface area contributed by atoms with Crippen molar-refractivity contribution in [1.29, 1.82) is 0 Å². The highest BCUT2D eigenvalue weighted by Crippen LogP contribution is 2.49. The van der Waals surface area contributed by atoms with E-state index in [1.165, 1.54) is 19.3 Å². The SMILES string of the molecule is CCOc1ccc(OCCNC(=O)COC(=O)C[C@@H]2C[C@@H]3CC[C@@H]2C3)cc1. The van der Waals surface area contributed by atoms with Gasteiger partial charge in [-0.05, 0) is 68.2 Å². The van der Waals surface area contributed by atoms with Crippen LogP contribution in [0.1, 0.15) is 39.0 Å². The van der Waals surface area contributed by atoms with Gasteiger partial charge in [0.05, 0.1) is 13.2 Å². The van der Waals surface area contributed by atoms with Crippen molar-refractivity contribution in [2.24, 2.45) is 17.8 Å². The Morgan fingerprint density at radius 2 is 1.81 bits per heavy atom. The van der Waals surface area contributed by atoms with E-state index in [0.29, 0.717) is 43.8 Å². The van der Waals surface area contributed by atoms with Crippen molar-refractivity contribution >= 4 is 11.9 Å². The molecular formula is C21H29NO5. The Bertz CT molecular complexity index is 630. The number of fused-ring (bicyclic) bond motifs is 2. The molecule has 0 heterocycles. The van der Waals surface area contributed by atoms with Crippen LogP contribution in [-0.4, -0.2) is 38.2 Å². The Hall–Kier alpha value is -2.24. The van der Waals surface area contributed by atoms with Gasteiger partial charge in [0.25, 0.3) is 5.91 Å². The number of benzene rings is 1. The molecule has 2 aliphatic rings. The summed E-state index contributed by atoms with van der Waals surface area (Å²) < 4.78 is 16.0. The second-order valence-corrected chi connectivity index (χ2v) is 7.40. The summed E-state index contributed by atoms with van der Waals surface area (Å²) >= 11 is 0. The molecule has 0 spiro atoms. The molecule has 1 aromatic carbocycles. The molecule has 27 heavy (non-hydrogen) atoms. The number of carbonyl (C=O) groups excluding carboxylic acids is 2. The Balaban J connectivity index is 1.24. The van der Waals surface area contributed by atoms with Crippen molar-refractivity contribution in [2.75, 3.05) is 26.4 Å². The largest absolute Gasteiger partial charge is 0.494 e. The maximum atomic E-state index is 11.9. The van der Waals surface area contributed by atoms with Gasteiger partial charge in [-0.25, -0.2) is 0 Å². The Labute approximate surface area is 160 Å². The number of esters is 1. The second kappa shape index (κ2) is 9.62. The molecule has 1 amide bonds. The zero-order valence-electron chi connectivity index (χ0n) is 15.9. The van der Waals surface area contributed by atoms with Crippen molar-refractivity contribution in [3.63, 3.8) is 0 Å². The molecule has 2 saturated carbocycles. The van der Waals surface area contributed by atoms with Gasteiger partial charge in [-0.15, -0.1) is 0 Å². The summed E-state index contributed by atoms with van der Waals surface area (Å²) in [5.74, 6) is 2.92. The fraction of sp³-hybridized carbons (Fsp3) is 0.619. The Morgan fingerprint density at radius 1 is 1.07 bits per heavy atom. The molecule has 2 aliphatic carbocycles. The second-order valence-electron chi connectivity index (χ2n) is 7.40. The van der Waals surface area contributed by atoms with Crippen LogP contribution in [0.5, 0.6) is 11.5 Å². The number of rotatable bonds is 10. The van der Waals surface area contributed by atoms with Crippen LogP contribution >= 0.6 is 0 Å². The summed E-state index contributed by atoms with van der Waals surface area (Å²) in [5.41, 5.74) is 0. The number of nitrogens with one attached hydrogen (secondary N) is 1. The van der Waals surface area contributed by atoms with Crippen LogP contribution in [0.25, 0.3) is 0 Å². The molecule has 0 saturated heterocycles. The van der Waals surface area contributed by atoms with Gasteiger partial charge in [0, 0.05) is 6.42 Å². The fourth-order valence-electron chi connectivity index (χ4n) is 4.25. The molecule has 6 nitrogen and oxygen atoms in total. The zero-order chi connectivity index (χ0) is 19.1. The lowest BCUT2D eigenvalue weighted by molar-refractivity contribution is -0.149. The first-order valence-electron chi connectivity index (χ1n) is 9.92. The molecule has 0 unspecified atom stereocenters. The lowest BCUT2D eigenvalue weighted by Gasteiger charge is -2.20. The third kappa shape index (κ3) is 5.88. The van der Waals surface area contributed by atoms with Crippen LogP contribution in [-0.2, 0) is 14.3 Å². The number of amides is 1. The van der Waals surface area contributed by atoms with Crippen LogP contribution in [0, 0.1) is 17.8 Å².